The van der Waals surface area contributed by atoms with E-state index in [2.05, 4.69) is 66.9 Å². The maximum absolute atomic E-state index is 10.6. The number of hydrogen-bond donors (Lipinski definition) is 4. The van der Waals surface area contributed by atoms with Crippen LogP contribution in [0.5, 0.6) is 0 Å². The van der Waals surface area contributed by atoms with Gasteiger partial charge in [0.05, 0.1) is 12.2 Å². The first-order chi connectivity index (χ1) is 34.7. The van der Waals surface area contributed by atoms with Gasteiger partial charge in [0.15, 0.2) is 0 Å². The van der Waals surface area contributed by atoms with Crippen molar-refractivity contribution in [3.05, 3.63) is 174 Å². The minimum atomic E-state index is -2.00. The van der Waals surface area contributed by atoms with Gasteiger partial charge >= 0.3 is 76.8 Å². The Morgan fingerprint density at radius 2 is 0.675 bits per heavy atom. The Labute approximate surface area is 589 Å². The second-order valence-electron chi connectivity index (χ2n) is 16.9. The van der Waals surface area contributed by atoms with Gasteiger partial charge in [-0.15, -0.1) is 69.6 Å². The number of aryl methyl sites for hydroxylation is 2. The van der Waals surface area contributed by atoms with E-state index < -0.39 is 45.8 Å². The van der Waals surface area contributed by atoms with E-state index in [-0.39, 0.29) is 53.9 Å². The molecule has 5 aromatic rings. The normalized spacial score (nSPS) is 12.1. The molecule has 0 aromatic heterocycles. The summed E-state index contributed by atoms with van der Waals surface area (Å²) in [6.45, 7) is 7.36. The Morgan fingerprint density at radius 3 is 0.938 bits per heavy atom. The van der Waals surface area contributed by atoms with Crippen LogP contribution in [0.15, 0.2) is 121 Å². The van der Waals surface area contributed by atoms with Crippen LogP contribution in [0.3, 0.4) is 0 Å². The molecule has 0 radical (unpaired) electrons. The average molecular weight is 1790 g/mol. The number of hydrogen-bond acceptors (Lipinski definition) is 4. The second kappa shape index (κ2) is 45.4. The molecule has 80 heavy (non-hydrogen) atoms. The van der Waals surface area contributed by atoms with Crippen LogP contribution >= 0.6 is 234 Å². The van der Waals surface area contributed by atoms with Gasteiger partial charge in [0.1, 0.15) is 13.0 Å². The van der Waals surface area contributed by atoms with Crippen LogP contribution in [-0.2, 0) is 27.4 Å². The first-order valence-corrected chi connectivity index (χ1v) is 41.2. The van der Waals surface area contributed by atoms with Gasteiger partial charge in [0.25, 0.3) is 0 Å². The number of aliphatic carboxylic acids is 2. The van der Waals surface area contributed by atoms with Gasteiger partial charge in [-0.1, -0.05) is 202 Å². The number of carbonyl (C=O) groups is 2. The van der Waals surface area contributed by atoms with Crippen molar-refractivity contribution in [3.63, 3.8) is 0 Å². The van der Waals surface area contributed by atoms with Crippen molar-refractivity contribution in [1.82, 2.24) is 0 Å². The van der Waals surface area contributed by atoms with Crippen LogP contribution in [0.2, 0.25) is 25.1 Å². The first-order valence-electron chi connectivity index (χ1n) is 22.0. The minimum absolute atomic E-state index is 0. The van der Waals surface area contributed by atoms with E-state index in [0.29, 0.717) is 33.0 Å². The molecule has 456 valence electrons. The molecule has 3 atom stereocenters. The molecule has 0 saturated heterocycles. The van der Waals surface area contributed by atoms with Crippen molar-refractivity contribution in [3.8, 4) is 0 Å². The SMILES string of the molecule is C.C.C.C.CC(CC(C)(Cl)Cl)c1ccc(Cl)cc1.CC(Cl)(Cl)CC(O)c1ccc(Cl)cc1.CC(Cl)(Cl)CCc1ccc(Cl)cc1.O=C(O)C(Cl)(Cl)CC(O)c1ccc(Cl)cc1.O=C(O)C(Cl)(Cl)CCc1ccc(Cl)cc1.[I][V]([I])[I]. The Kier molecular flexibility index (Phi) is 51.5. The third-order valence-electron chi connectivity index (χ3n) is 9.65. The number of aliphatic hydroxyl groups is 2. The summed E-state index contributed by atoms with van der Waals surface area (Å²) in [5.74, 6) is -2.27. The number of carboxylic acids is 2. The zero-order valence-corrected chi connectivity index (χ0v) is 59.8. The summed E-state index contributed by atoms with van der Waals surface area (Å²) in [5.41, 5.74) is 4.64. The fourth-order valence-corrected chi connectivity index (χ4v) is 7.85. The van der Waals surface area contributed by atoms with Crippen molar-refractivity contribution < 1.29 is 34.9 Å². The van der Waals surface area contributed by atoms with Crippen LogP contribution in [0.1, 0.15) is 135 Å². The summed E-state index contributed by atoms with van der Waals surface area (Å²) in [6.07, 6.45) is 1.29. The van der Waals surface area contributed by atoms with Gasteiger partial charge in [-0.2, -0.15) is 0 Å². The zero-order chi connectivity index (χ0) is 58.8. The standard InChI is InChI=1S/C11H13Cl3.C10H9Cl3O3.C10H9Cl3O2.C10H11Cl3O.C10H11Cl3.4CH4.3HI.V/c1-8(7-11(2,13)14)9-3-5-10(12)6-4-9;11-7-3-1-6(2-4-7)8(14)5-10(12,13)9(15)16;11-8-3-1-7(2-4-8)5-6-10(12,13)9(14)15;1-10(12,13)6-9(14)7-2-4-8(11)5-3-7;1-10(12,13)7-6-8-2-4-9(11)5-3-8;;;;;;;;/h3-6,8H,7H2,1-2H3;1-4,8,14H,5H2,(H,15,16);1-4H,5-6H2,(H,14,15);2-5,9,14H,6H2,1H3;2-5H,6-7H2,1H3;4*1H4;3*1H;/q;;;;;;;;;;;;+3/p-3. The van der Waals surface area contributed by atoms with E-state index in [0.717, 1.165) is 40.4 Å². The molecular weight excluding hydrogens is 1720 g/mol. The molecule has 0 aliphatic carbocycles. The van der Waals surface area contributed by atoms with Crippen molar-refractivity contribution in [2.75, 3.05) is 0 Å². The summed E-state index contributed by atoms with van der Waals surface area (Å²) >= 11 is 93.4. The van der Waals surface area contributed by atoms with Crippen molar-refractivity contribution in [2.24, 2.45) is 0 Å². The van der Waals surface area contributed by atoms with Gasteiger partial charge in [-0.05, 0) is 147 Å². The number of rotatable bonds is 17. The second-order valence-corrected chi connectivity index (χ2v) is 63.0. The number of benzene rings is 5. The topological polar surface area (TPSA) is 115 Å². The monoisotopic (exact) mass is 1780 g/mol. The van der Waals surface area contributed by atoms with Crippen LogP contribution in [0, 0.1) is 0 Å². The van der Waals surface area contributed by atoms with Crippen molar-refractivity contribution in [2.45, 2.75) is 142 Å². The predicted octanol–water partition coefficient (Wildman–Crippen LogP) is 25.2. The summed E-state index contributed by atoms with van der Waals surface area (Å²) < 4.78 is -5.95. The number of aliphatic hydroxyl groups excluding tert-OH is 2. The van der Waals surface area contributed by atoms with E-state index >= 15 is 0 Å². The van der Waals surface area contributed by atoms with E-state index in [4.69, 9.17) is 184 Å². The summed E-state index contributed by atoms with van der Waals surface area (Å²) in [6, 6.07) is 35.9. The molecule has 5 rings (SSSR count). The van der Waals surface area contributed by atoms with Crippen molar-refractivity contribution in [1.29, 1.82) is 0 Å². The number of alkyl halides is 10. The average Bonchev–Trinajstić information content (AvgIpc) is 3.28. The number of carboxylic acid groups (broad SMARTS) is 2. The Balaban J connectivity index is -0.000000285. The van der Waals surface area contributed by atoms with E-state index in [1.807, 2.05) is 67.6 Å². The predicted molar refractivity (Wildman–Crippen MR) is 380 cm³/mol. The third-order valence-corrected chi connectivity index (χ3v) is 13.2. The van der Waals surface area contributed by atoms with Crippen LogP contribution in [-0.4, -0.2) is 54.0 Å². The molecule has 0 aliphatic rings. The van der Waals surface area contributed by atoms with Crippen LogP contribution in [0.4, 0.5) is 0 Å². The van der Waals surface area contributed by atoms with Gasteiger partial charge in [-0.3, -0.25) is 0 Å². The molecule has 0 aliphatic heterocycles. The van der Waals surface area contributed by atoms with Gasteiger partial charge in [-0.25, -0.2) is 9.59 Å². The zero-order valence-electron chi connectivity index (χ0n) is 40.6. The van der Waals surface area contributed by atoms with Gasteiger partial charge < -0.3 is 20.4 Å². The fraction of sp³-hybridized carbons (Fsp3) is 0.418. The molecule has 0 amide bonds. The Morgan fingerprint density at radius 1 is 0.425 bits per heavy atom. The Bertz CT molecular complexity index is 2340. The molecule has 0 saturated carbocycles. The molecule has 0 bridgehead atoms. The van der Waals surface area contributed by atoms with Crippen molar-refractivity contribution >= 4 is 246 Å². The molecule has 4 N–H and O–H groups in total. The first kappa shape index (κ1) is 90.8. The van der Waals surface area contributed by atoms with E-state index in [9.17, 15) is 19.8 Å². The summed E-state index contributed by atoms with van der Waals surface area (Å²) in [5, 5.41) is 40.1. The molecule has 0 fully saturated rings. The number of halogens is 18. The van der Waals surface area contributed by atoms with Crippen LogP contribution in [0.25, 0.3) is 0 Å². The van der Waals surface area contributed by atoms with E-state index in [1.54, 1.807) is 74.5 Å². The molecule has 0 heterocycles. The van der Waals surface area contributed by atoms with Gasteiger partial charge in [0.2, 0.25) is 8.67 Å². The van der Waals surface area contributed by atoms with E-state index in [1.165, 1.54) is 11.1 Å². The summed E-state index contributed by atoms with van der Waals surface area (Å²) in [4.78, 5) is 21.0. The van der Waals surface area contributed by atoms with Gasteiger partial charge in [0, 0.05) is 38.0 Å². The van der Waals surface area contributed by atoms with Crippen LogP contribution < -0.4 is 0 Å². The summed E-state index contributed by atoms with van der Waals surface area (Å²) in [7, 11) is 0. The molecule has 25 heteroatoms. The molecular formula is C55H69Cl15I3O6V. The quantitative estimate of drug-likeness (QED) is 0.0545. The fourth-order valence-electron chi connectivity index (χ4n) is 5.80. The molecule has 0 spiro atoms. The maximum atomic E-state index is 10.6. The molecule has 3 unspecified atom stereocenters. The third kappa shape index (κ3) is 47.1. The molecule has 6 nitrogen and oxygen atoms in total. The Hall–Kier alpha value is 2.08. The molecule has 5 aromatic carbocycles.